The van der Waals surface area contributed by atoms with Crippen LogP contribution in [0.4, 0.5) is 4.39 Å². The van der Waals surface area contributed by atoms with Crippen LogP contribution in [0.25, 0.3) is 0 Å². The van der Waals surface area contributed by atoms with E-state index in [4.69, 9.17) is 5.73 Å². The van der Waals surface area contributed by atoms with Crippen molar-refractivity contribution in [1.82, 2.24) is 0 Å². The Hall–Kier alpha value is -1.38. The Labute approximate surface area is 114 Å². The second-order valence-electron chi connectivity index (χ2n) is 5.62. The van der Waals surface area contributed by atoms with Crippen molar-refractivity contribution in [3.8, 4) is 0 Å². The molecule has 2 N–H and O–H groups in total. The minimum atomic E-state index is -0.118. The predicted octanol–water partition coefficient (Wildman–Crippen LogP) is 3.88. The highest BCUT2D eigenvalue weighted by Gasteiger charge is 2.16. The summed E-state index contributed by atoms with van der Waals surface area (Å²) in [7, 11) is 0. The molecule has 19 heavy (non-hydrogen) atoms. The molecule has 1 aliphatic rings. The highest BCUT2D eigenvalue weighted by molar-refractivity contribution is 5.82. The summed E-state index contributed by atoms with van der Waals surface area (Å²) in [6.45, 7) is 4.14. The summed E-state index contributed by atoms with van der Waals surface area (Å²) in [6, 6.07) is 3.72. The third-order valence-corrected chi connectivity index (χ3v) is 3.96. The van der Waals surface area contributed by atoms with Gasteiger partial charge in [-0.2, -0.15) is 0 Å². The lowest BCUT2D eigenvalue weighted by Gasteiger charge is -2.20. The lowest BCUT2D eigenvalue weighted by molar-refractivity contribution is 0.436. The Kier molecular flexibility index (Phi) is 4.56. The van der Waals surface area contributed by atoms with Crippen LogP contribution in [0.15, 0.2) is 17.1 Å². The average Bonchev–Trinajstić information content (AvgIpc) is 2.43. The molecular formula is C16H23FN2. The molecule has 3 heteroatoms. The molecule has 1 fully saturated rings. The van der Waals surface area contributed by atoms with E-state index in [9.17, 15) is 4.39 Å². The van der Waals surface area contributed by atoms with Gasteiger partial charge in [-0.15, -0.1) is 0 Å². The fraction of sp³-hybridized carbons (Fsp3) is 0.562. The molecule has 104 valence electrons. The van der Waals surface area contributed by atoms with Gasteiger partial charge in [-0.1, -0.05) is 31.4 Å². The average molecular weight is 262 g/mol. The van der Waals surface area contributed by atoms with Crippen LogP contribution < -0.4 is 5.73 Å². The Morgan fingerprint density at radius 3 is 2.37 bits per heavy atom. The van der Waals surface area contributed by atoms with Crippen molar-refractivity contribution in [1.29, 1.82) is 0 Å². The van der Waals surface area contributed by atoms with Gasteiger partial charge >= 0.3 is 0 Å². The summed E-state index contributed by atoms with van der Waals surface area (Å²) in [4.78, 5) is 4.50. The number of hydrogen-bond donors (Lipinski definition) is 1. The van der Waals surface area contributed by atoms with E-state index < -0.39 is 0 Å². The molecule has 2 nitrogen and oxygen atoms in total. The van der Waals surface area contributed by atoms with Gasteiger partial charge in [0.15, 0.2) is 0 Å². The van der Waals surface area contributed by atoms with Crippen LogP contribution in [0, 0.1) is 25.6 Å². The highest BCUT2D eigenvalue weighted by Crippen LogP contribution is 2.24. The van der Waals surface area contributed by atoms with E-state index in [0.717, 1.165) is 24.2 Å². The third-order valence-electron chi connectivity index (χ3n) is 3.96. The normalized spacial score (nSPS) is 17.7. The van der Waals surface area contributed by atoms with Crippen LogP contribution >= 0.6 is 0 Å². The Morgan fingerprint density at radius 2 is 1.79 bits per heavy atom. The standard InChI is InChI=1S/C16H23FN2/c1-11-8-13(9-12(2)15(11)17)10-19-16(18)14-6-4-3-5-7-14/h8-9,14H,3-7,10H2,1-2H3,(H2,18,19). The second kappa shape index (κ2) is 6.18. The van der Waals surface area contributed by atoms with E-state index in [-0.39, 0.29) is 5.82 Å². The van der Waals surface area contributed by atoms with Gasteiger partial charge in [0.2, 0.25) is 0 Å². The number of nitrogens with zero attached hydrogens (tertiary/aromatic N) is 1. The van der Waals surface area contributed by atoms with E-state index >= 15 is 0 Å². The fourth-order valence-electron chi connectivity index (χ4n) is 2.84. The van der Waals surface area contributed by atoms with Crippen molar-refractivity contribution in [2.24, 2.45) is 16.6 Å². The largest absolute Gasteiger partial charge is 0.387 e. The maximum Gasteiger partial charge on any atom is 0.129 e. The van der Waals surface area contributed by atoms with Gasteiger partial charge in [0.05, 0.1) is 12.4 Å². The Morgan fingerprint density at radius 1 is 1.21 bits per heavy atom. The van der Waals surface area contributed by atoms with Gasteiger partial charge in [-0.05, 0) is 43.4 Å². The molecule has 2 rings (SSSR count). The molecular weight excluding hydrogens is 239 g/mol. The molecule has 0 amide bonds. The van der Waals surface area contributed by atoms with Crippen LogP contribution in [0.2, 0.25) is 0 Å². The van der Waals surface area contributed by atoms with E-state index in [1.165, 1.54) is 19.3 Å². The van der Waals surface area contributed by atoms with E-state index in [1.807, 2.05) is 12.1 Å². The van der Waals surface area contributed by atoms with Gasteiger partial charge < -0.3 is 5.73 Å². The molecule has 0 saturated heterocycles. The van der Waals surface area contributed by atoms with Gasteiger partial charge in [0.1, 0.15) is 5.82 Å². The second-order valence-corrected chi connectivity index (χ2v) is 5.62. The molecule has 0 atom stereocenters. The van der Waals surface area contributed by atoms with E-state index in [1.54, 1.807) is 13.8 Å². The number of nitrogens with two attached hydrogens (primary N) is 1. The first-order valence-electron chi connectivity index (χ1n) is 7.13. The molecule has 1 aromatic rings. The van der Waals surface area contributed by atoms with Crippen molar-refractivity contribution < 1.29 is 4.39 Å². The first-order chi connectivity index (χ1) is 9.08. The number of aliphatic imine (C=N–C) groups is 1. The zero-order chi connectivity index (χ0) is 13.8. The van der Waals surface area contributed by atoms with Crippen molar-refractivity contribution in [3.63, 3.8) is 0 Å². The maximum absolute atomic E-state index is 13.5. The Bertz CT molecular complexity index is 451. The van der Waals surface area contributed by atoms with Gasteiger partial charge in [-0.3, -0.25) is 4.99 Å². The number of benzene rings is 1. The molecule has 1 saturated carbocycles. The minimum Gasteiger partial charge on any atom is -0.387 e. The first-order valence-corrected chi connectivity index (χ1v) is 7.13. The summed E-state index contributed by atoms with van der Waals surface area (Å²) in [5, 5.41) is 0. The Balaban J connectivity index is 2.04. The van der Waals surface area contributed by atoms with E-state index in [0.29, 0.717) is 23.6 Å². The molecule has 1 aromatic carbocycles. The monoisotopic (exact) mass is 262 g/mol. The number of amidine groups is 1. The number of hydrogen-bond acceptors (Lipinski definition) is 1. The molecule has 0 bridgehead atoms. The lowest BCUT2D eigenvalue weighted by Crippen LogP contribution is -2.25. The van der Waals surface area contributed by atoms with Crippen molar-refractivity contribution in [2.75, 3.05) is 0 Å². The third kappa shape index (κ3) is 3.55. The molecule has 0 aromatic heterocycles. The summed E-state index contributed by atoms with van der Waals surface area (Å²) >= 11 is 0. The van der Waals surface area contributed by atoms with E-state index in [2.05, 4.69) is 4.99 Å². The summed E-state index contributed by atoms with van der Waals surface area (Å²) < 4.78 is 13.5. The molecule has 1 aliphatic carbocycles. The van der Waals surface area contributed by atoms with Crippen LogP contribution in [0.5, 0.6) is 0 Å². The maximum atomic E-state index is 13.5. The predicted molar refractivity (Wildman–Crippen MR) is 77.8 cm³/mol. The summed E-state index contributed by atoms with van der Waals surface area (Å²) in [5.41, 5.74) is 8.48. The molecule has 0 heterocycles. The number of rotatable bonds is 3. The van der Waals surface area contributed by atoms with Gasteiger partial charge in [0, 0.05) is 5.92 Å². The zero-order valence-electron chi connectivity index (χ0n) is 11.9. The highest BCUT2D eigenvalue weighted by atomic mass is 19.1. The van der Waals surface area contributed by atoms with Crippen LogP contribution in [-0.2, 0) is 6.54 Å². The van der Waals surface area contributed by atoms with Crippen LogP contribution in [-0.4, -0.2) is 5.84 Å². The van der Waals surface area contributed by atoms with Crippen molar-refractivity contribution in [2.45, 2.75) is 52.5 Å². The quantitative estimate of drug-likeness (QED) is 0.651. The summed E-state index contributed by atoms with van der Waals surface area (Å²) in [5.74, 6) is 1.11. The van der Waals surface area contributed by atoms with Crippen LogP contribution in [0.3, 0.4) is 0 Å². The molecule has 0 spiro atoms. The van der Waals surface area contributed by atoms with Gasteiger partial charge in [0.25, 0.3) is 0 Å². The first kappa shape index (κ1) is 14.0. The van der Waals surface area contributed by atoms with Crippen LogP contribution in [0.1, 0.15) is 48.8 Å². The van der Waals surface area contributed by atoms with Crippen molar-refractivity contribution in [3.05, 3.63) is 34.6 Å². The SMILES string of the molecule is Cc1cc(CN=C(N)C2CCCCC2)cc(C)c1F. The topological polar surface area (TPSA) is 38.4 Å². The molecule has 0 radical (unpaired) electrons. The number of aryl methyl sites for hydroxylation is 2. The minimum absolute atomic E-state index is 0.118. The van der Waals surface area contributed by atoms with Crippen molar-refractivity contribution >= 4 is 5.84 Å². The number of halogens is 1. The fourth-order valence-corrected chi connectivity index (χ4v) is 2.84. The zero-order valence-corrected chi connectivity index (χ0v) is 11.9. The van der Waals surface area contributed by atoms with Gasteiger partial charge in [-0.25, -0.2) is 4.39 Å². The lowest BCUT2D eigenvalue weighted by atomic mass is 9.88. The summed E-state index contributed by atoms with van der Waals surface area (Å²) in [6.07, 6.45) is 6.17. The molecule has 0 aliphatic heterocycles. The smallest absolute Gasteiger partial charge is 0.129 e. The molecule has 0 unspecified atom stereocenters.